The van der Waals surface area contributed by atoms with Crippen molar-refractivity contribution in [3.05, 3.63) is 46.4 Å². The number of nitrogens with one attached hydrogen (secondary N) is 1. The summed E-state index contributed by atoms with van der Waals surface area (Å²) in [6.45, 7) is 2.18. The number of thiophene rings is 1. The summed E-state index contributed by atoms with van der Waals surface area (Å²) in [5.74, 6) is -0.238. The molecule has 0 saturated carbocycles. The zero-order chi connectivity index (χ0) is 13.9. The molecule has 0 aliphatic heterocycles. The number of fused-ring (bicyclic) bond motifs is 1. The number of nitrogens with zero attached hydrogens (tertiary/aromatic N) is 1. The van der Waals surface area contributed by atoms with Gasteiger partial charge in [0.1, 0.15) is 5.82 Å². The van der Waals surface area contributed by atoms with Gasteiger partial charge in [-0.2, -0.15) is 0 Å². The molecule has 0 aliphatic rings. The number of anilines is 1. The van der Waals surface area contributed by atoms with E-state index < -0.39 is 0 Å². The molecule has 2 aromatic heterocycles. The van der Waals surface area contributed by atoms with Gasteiger partial charge in [-0.1, -0.05) is 30.7 Å². The molecule has 0 aliphatic carbocycles. The van der Waals surface area contributed by atoms with Crippen molar-refractivity contribution in [2.45, 2.75) is 25.8 Å². The maximum atomic E-state index is 13.2. The van der Waals surface area contributed by atoms with Gasteiger partial charge in [0.05, 0.1) is 16.3 Å². The predicted octanol–water partition coefficient (Wildman–Crippen LogP) is 5.45. The number of hydrogen-bond donors (Lipinski definition) is 1. The summed E-state index contributed by atoms with van der Waals surface area (Å²) in [5.41, 5.74) is 0.721. The van der Waals surface area contributed by atoms with Crippen LogP contribution < -0.4 is 5.32 Å². The first kappa shape index (κ1) is 13.5. The van der Waals surface area contributed by atoms with E-state index in [1.807, 2.05) is 0 Å². The summed E-state index contributed by atoms with van der Waals surface area (Å²) in [6, 6.07) is 9.24. The normalized spacial score (nSPS) is 12.7. The topological polar surface area (TPSA) is 24.9 Å². The molecule has 0 amide bonds. The van der Waals surface area contributed by atoms with Crippen LogP contribution in [-0.2, 0) is 0 Å². The minimum absolute atomic E-state index is 0.238. The standard InChI is InChI=1S/C15H15FN2S2/c1-2-4-11(13-5-3-8-19-13)17-15-18-12-9-10(16)6-7-14(12)20-15/h3,5-9,11H,2,4H2,1H3,(H,17,18). The van der Waals surface area contributed by atoms with Gasteiger partial charge in [-0.25, -0.2) is 9.37 Å². The Morgan fingerprint density at radius 2 is 2.25 bits per heavy atom. The quantitative estimate of drug-likeness (QED) is 0.678. The van der Waals surface area contributed by atoms with Crippen LogP contribution in [0.3, 0.4) is 0 Å². The van der Waals surface area contributed by atoms with Gasteiger partial charge < -0.3 is 5.32 Å². The molecule has 1 unspecified atom stereocenters. The summed E-state index contributed by atoms with van der Waals surface area (Å²) in [6.07, 6.45) is 2.17. The van der Waals surface area contributed by atoms with Crippen molar-refractivity contribution in [2.24, 2.45) is 0 Å². The van der Waals surface area contributed by atoms with Gasteiger partial charge in [0.15, 0.2) is 5.13 Å². The van der Waals surface area contributed by atoms with Crippen molar-refractivity contribution in [3.8, 4) is 0 Å². The highest BCUT2D eigenvalue weighted by Gasteiger charge is 2.14. The monoisotopic (exact) mass is 306 g/mol. The molecule has 0 fully saturated rings. The molecular weight excluding hydrogens is 291 g/mol. The number of thiazole rings is 1. The number of hydrogen-bond acceptors (Lipinski definition) is 4. The summed E-state index contributed by atoms with van der Waals surface area (Å²) >= 11 is 3.33. The first-order valence-electron chi connectivity index (χ1n) is 6.62. The molecule has 104 valence electrons. The summed E-state index contributed by atoms with van der Waals surface area (Å²) in [7, 11) is 0. The lowest BCUT2D eigenvalue weighted by atomic mass is 10.1. The van der Waals surface area contributed by atoms with E-state index in [-0.39, 0.29) is 11.9 Å². The van der Waals surface area contributed by atoms with Crippen molar-refractivity contribution in [1.29, 1.82) is 0 Å². The molecule has 3 rings (SSSR count). The van der Waals surface area contributed by atoms with Crippen molar-refractivity contribution in [1.82, 2.24) is 4.98 Å². The Kier molecular flexibility index (Phi) is 3.98. The Balaban J connectivity index is 1.86. The molecule has 20 heavy (non-hydrogen) atoms. The van der Waals surface area contributed by atoms with E-state index in [1.165, 1.54) is 17.0 Å². The van der Waals surface area contributed by atoms with Gasteiger partial charge in [-0.05, 0) is 30.0 Å². The van der Waals surface area contributed by atoms with Crippen molar-refractivity contribution < 1.29 is 4.39 Å². The Labute approximate surface area is 125 Å². The van der Waals surface area contributed by atoms with Gasteiger partial charge >= 0.3 is 0 Å². The van der Waals surface area contributed by atoms with Gasteiger partial charge in [0.2, 0.25) is 0 Å². The zero-order valence-electron chi connectivity index (χ0n) is 11.1. The minimum Gasteiger partial charge on any atom is -0.354 e. The summed E-state index contributed by atoms with van der Waals surface area (Å²) in [4.78, 5) is 5.79. The van der Waals surface area contributed by atoms with Crippen molar-refractivity contribution in [3.63, 3.8) is 0 Å². The molecule has 1 atom stereocenters. The molecule has 0 spiro atoms. The summed E-state index contributed by atoms with van der Waals surface area (Å²) in [5, 5.41) is 6.44. The van der Waals surface area contributed by atoms with Gasteiger partial charge in [0.25, 0.3) is 0 Å². The second-order valence-electron chi connectivity index (χ2n) is 4.63. The van der Waals surface area contributed by atoms with E-state index in [0.29, 0.717) is 0 Å². The molecular formula is C15H15FN2S2. The van der Waals surface area contributed by atoms with Crippen LogP contribution in [0.25, 0.3) is 10.2 Å². The number of rotatable bonds is 5. The Morgan fingerprint density at radius 1 is 1.35 bits per heavy atom. The Bertz CT molecular complexity index is 691. The first-order chi connectivity index (χ1) is 9.76. The maximum absolute atomic E-state index is 13.2. The molecule has 5 heteroatoms. The van der Waals surface area contributed by atoms with Gasteiger partial charge in [-0.15, -0.1) is 11.3 Å². The highest BCUT2D eigenvalue weighted by atomic mass is 32.1. The molecule has 0 bridgehead atoms. The first-order valence-corrected chi connectivity index (χ1v) is 8.32. The van der Waals surface area contributed by atoms with Crippen LogP contribution in [0.15, 0.2) is 35.7 Å². The van der Waals surface area contributed by atoms with Crippen LogP contribution in [0.1, 0.15) is 30.7 Å². The van der Waals surface area contributed by atoms with E-state index in [4.69, 9.17) is 0 Å². The number of benzene rings is 1. The molecule has 2 heterocycles. The second-order valence-corrected chi connectivity index (χ2v) is 6.64. The molecule has 0 radical (unpaired) electrons. The Morgan fingerprint density at radius 3 is 3.00 bits per heavy atom. The highest BCUT2D eigenvalue weighted by Crippen LogP contribution is 2.32. The maximum Gasteiger partial charge on any atom is 0.184 e. The van der Waals surface area contributed by atoms with E-state index in [1.54, 1.807) is 28.7 Å². The van der Waals surface area contributed by atoms with E-state index in [0.717, 1.165) is 28.2 Å². The van der Waals surface area contributed by atoms with Gasteiger partial charge in [0, 0.05) is 10.9 Å². The summed E-state index contributed by atoms with van der Waals surface area (Å²) < 4.78 is 14.2. The van der Waals surface area contributed by atoms with Crippen LogP contribution in [0.4, 0.5) is 9.52 Å². The van der Waals surface area contributed by atoms with E-state index in [2.05, 4.69) is 34.7 Å². The highest BCUT2D eigenvalue weighted by molar-refractivity contribution is 7.22. The van der Waals surface area contributed by atoms with Crippen molar-refractivity contribution >= 4 is 38.0 Å². The van der Waals surface area contributed by atoms with E-state index >= 15 is 0 Å². The number of halogens is 1. The fraction of sp³-hybridized carbons (Fsp3) is 0.267. The lowest BCUT2D eigenvalue weighted by Crippen LogP contribution is -2.08. The third-order valence-electron chi connectivity index (χ3n) is 3.11. The molecule has 0 saturated heterocycles. The lowest BCUT2D eigenvalue weighted by molar-refractivity contribution is 0.629. The average molecular weight is 306 g/mol. The van der Waals surface area contributed by atoms with Gasteiger partial charge in [-0.3, -0.25) is 0 Å². The van der Waals surface area contributed by atoms with Crippen LogP contribution in [-0.4, -0.2) is 4.98 Å². The largest absolute Gasteiger partial charge is 0.354 e. The fourth-order valence-electron chi connectivity index (χ4n) is 2.18. The van der Waals surface area contributed by atoms with Crippen molar-refractivity contribution in [2.75, 3.05) is 5.32 Å². The average Bonchev–Trinajstić information content (AvgIpc) is 3.06. The fourth-order valence-corrected chi connectivity index (χ4v) is 3.89. The van der Waals surface area contributed by atoms with Crippen LogP contribution >= 0.6 is 22.7 Å². The van der Waals surface area contributed by atoms with Crippen LogP contribution in [0.2, 0.25) is 0 Å². The van der Waals surface area contributed by atoms with Crippen LogP contribution in [0, 0.1) is 5.82 Å². The molecule has 1 N–H and O–H groups in total. The smallest absolute Gasteiger partial charge is 0.184 e. The number of aromatic nitrogens is 1. The van der Waals surface area contributed by atoms with Crippen LogP contribution in [0.5, 0.6) is 0 Å². The lowest BCUT2D eigenvalue weighted by Gasteiger charge is -2.15. The second kappa shape index (κ2) is 5.89. The minimum atomic E-state index is -0.238. The molecule has 1 aromatic carbocycles. The zero-order valence-corrected chi connectivity index (χ0v) is 12.7. The SMILES string of the molecule is CCCC(Nc1nc2cc(F)ccc2s1)c1cccs1. The Hall–Kier alpha value is -1.46. The third-order valence-corrected chi connectivity index (χ3v) is 5.06. The third kappa shape index (κ3) is 2.83. The van der Waals surface area contributed by atoms with E-state index in [9.17, 15) is 4.39 Å². The molecule has 3 aromatic rings. The molecule has 2 nitrogen and oxygen atoms in total. The predicted molar refractivity (Wildman–Crippen MR) is 85.2 cm³/mol.